The summed E-state index contributed by atoms with van der Waals surface area (Å²) in [5, 5.41) is 3.28. The number of nitrogens with zero attached hydrogens (tertiary/aromatic N) is 2. The zero-order chi connectivity index (χ0) is 15.1. The summed E-state index contributed by atoms with van der Waals surface area (Å²) >= 11 is 0. The van der Waals surface area contributed by atoms with Crippen LogP contribution in [0.15, 0.2) is 0 Å². The van der Waals surface area contributed by atoms with Crippen molar-refractivity contribution in [1.82, 2.24) is 19.8 Å². The molecule has 21 heavy (non-hydrogen) atoms. The van der Waals surface area contributed by atoms with E-state index < -0.39 is 10.0 Å². The minimum absolute atomic E-state index is 0.208. The van der Waals surface area contributed by atoms with Gasteiger partial charge in [0.1, 0.15) is 0 Å². The smallest absolute Gasteiger partial charge is 0.212 e. The van der Waals surface area contributed by atoms with Crippen LogP contribution in [0.5, 0.6) is 0 Å². The summed E-state index contributed by atoms with van der Waals surface area (Å²) in [6, 6.07) is 0.291. The van der Waals surface area contributed by atoms with Gasteiger partial charge < -0.3 is 5.32 Å². The Morgan fingerprint density at radius 3 is 2.43 bits per heavy atom. The zero-order valence-corrected chi connectivity index (χ0v) is 14.0. The van der Waals surface area contributed by atoms with E-state index in [0.717, 1.165) is 39.3 Å². The molecule has 1 unspecified atom stereocenters. The van der Waals surface area contributed by atoms with Gasteiger partial charge in [0, 0.05) is 45.3 Å². The highest BCUT2D eigenvalue weighted by molar-refractivity contribution is 7.89. The van der Waals surface area contributed by atoms with E-state index in [4.69, 9.17) is 0 Å². The molecule has 2 fully saturated rings. The van der Waals surface area contributed by atoms with Crippen molar-refractivity contribution in [3.63, 3.8) is 0 Å². The number of hydrogen-bond acceptors (Lipinski definition) is 5. The van der Waals surface area contributed by atoms with Crippen LogP contribution in [0.25, 0.3) is 0 Å². The molecule has 0 bridgehead atoms. The van der Waals surface area contributed by atoms with Gasteiger partial charge in [0.15, 0.2) is 0 Å². The first-order valence-corrected chi connectivity index (χ1v) is 9.86. The third kappa shape index (κ3) is 6.20. The van der Waals surface area contributed by atoms with Gasteiger partial charge in [-0.2, -0.15) is 0 Å². The SMILES string of the molecule is CC(CNS(=O)(=O)CCN1CCNCC1)N1CCCCC1. The van der Waals surface area contributed by atoms with Gasteiger partial charge in [-0.15, -0.1) is 0 Å². The number of piperidine rings is 1. The Bertz CT molecular complexity index is 390. The Morgan fingerprint density at radius 1 is 1.10 bits per heavy atom. The molecule has 0 aromatic rings. The first-order chi connectivity index (χ1) is 10.1. The summed E-state index contributed by atoms with van der Waals surface area (Å²) in [5.41, 5.74) is 0. The normalized spacial score (nSPS) is 24.0. The number of piperazine rings is 1. The van der Waals surface area contributed by atoms with E-state index >= 15 is 0 Å². The van der Waals surface area contributed by atoms with Crippen LogP contribution in [0.3, 0.4) is 0 Å². The molecule has 2 rings (SSSR count). The number of sulfonamides is 1. The standard InChI is InChI=1S/C14H30N4O2S/c1-14(18-7-3-2-4-8-18)13-16-21(19,20)12-11-17-9-5-15-6-10-17/h14-16H,2-13H2,1H3. The van der Waals surface area contributed by atoms with Gasteiger partial charge in [0.25, 0.3) is 0 Å². The summed E-state index contributed by atoms with van der Waals surface area (Å²) in [5.74, 6) is 0.208. The summed E-state index contributed by atoms with van der Waals surface area (Å²) in [6.45, 7) is 9.29. The molecule has 0 aromatic carbocycles. The van der Waals surface area contributed by atoms with Crippen LogP contribution in [0.1, 0.15) is 26.2 Å². The minimum Gasteiger partial charge on any atom is -0.314 e. The molecule has 124 valence electrons. The van der Waals surface area contributed by atoms with E-state index in [-0.39, 0.29) is 5.75 Å². The summed E-state index contributed by atoms with van der Waals surface area (Å²) in [6.07, 6.45) is 3.78. The Hall–Kier alpha value is -0.210. The van der Waals surface area contributed by atoms with Crippen LogP contribution < -0.4 is 10.0 Å². The van der Waals surface area contributed by atoms with Crippen molar-refractivity contribution in [2.45, 2.75) is 32.2 Å². The fraction of sp³-hybridized carbons (Fsp3) is 1.00. The maximum absolute atomic E-state index is 12.1. The van der Waals surface area contributed by atoms with Crippen LogP contribution in [0.2, 0.25) is 0 Å². The number of rotatable bonds is 7. The van der Waals surface area contributed by atoms with E-state index in [1.165, 1.54) is 19.3 Å². The third-order valence-electron chi connectivity index (χ3n) is 4.50. The molecule has 0 amide bonds. The zero-order valence-electron chi connectivity index (χ0n) is 13.2. The molecule has 0 saturated carbocycles. The maximum atomic E-state index is 12.1. The summed E-state index contributed by atoms with van der Waals surface area (Å²) in [7, 11) is -3.15. The molecular formula is C14H30N4O2S. The van der Waals surface area contributed by atoms with E-state index in [0.29, 0.717) is 19.1 Å². The predicted molar refractivity (Wildman–Crippen MR) is 86.0 cm³/mol. The Labute approximate surface area is 129 Å². The average Bonchev–Trinajstić information content (AvgIpc) is 2.53. The molecule has 0 aromatic heterocycles. The lowest BCUT2D eigenvalue weighted by Crippen LogP contribution is -2.47. The second kappa shape index (κ2) is 8.43. The number of hydrogen-bond donors (Lipinski definition) is 2. The fourth-order valence-electron chi connectivity index (χ4n) is 2.99. The van der Waals surface area contributed by atoms with Gasteiger partial charge >= 0.3 is 0 Å². The molecule has 0 radical (unpaired) electrons. The topological polar surface area (TPSA) is 64.7 Å². The monoisotopic (exact) mass is 318 g/mol. The third-order valence-corrected chi connectivity index (χ3v) is 5.83. The second-order valence-corrected chi connectivity index (χ2v) is 8.13. The van der Waals surface area contributed by atoms with Crippen LogP contribution in [0, 0.1) is 0 Å². The lowest BCUT2D eigenvalue weighted by Gasteiger charge is -2.32. The second-order valence-electron chi connectivity index (χ2n) is 6.20. The van der Waals surface area contributed by atoms with Crippen LogP contribution in [-0.4, -0.2) is 82.4 Å². The van der Waals surface area contributed by atoms with Crippen molar-refractivity contribution < 1.29 is 8.42 Å². The highest BCUT2D eigenvalue weighted by Gasteiger charge is 2.20. The Kier molecular flexibility index (Phi) is 6.88. The Morgan fingerprint density at radius 2 is 1.76 bits per heavy atom. The molecule has 7 heteroatoms. The highest BCUT2D eigenvalue weighted by Crippen LogP contribution is 2.11. The largest absolute Gasteiger partial charge is 0.314 e. The van der Waals surface area contributed by atoms with Gasteiger partial charge in [-0.3, -0.25) is 9.80 Å². The van der Waals surface area contributed by atoms with Crippen molar-refractivity contribution in [3.05, 3.63) is 0 Å². The first-order valence-electron chi connectivity index (χ1n) is 8.21. The minimum atomic E-state index is -3.15. The number of nitrogens with one attached hydrogen (secondary N) is 2. The molecule has 2 heterocycles. The van der Waals surface area contributed by atoms with Gasteiger partial charge in [-0.25, -0.2) is 13.1 Å². The van der Waals surface area contributed by atoms with Crippen molar-refractivity contribution >= 4 is 10.0 Å². The van der Waals surface area contributed by atoms with Gasteiger partial charge in [0.05, 0.1) is 5.75 Å². The van der Waals surface area contributed by atoms with Crippen molar-refractivity contribution in [2.75, 3.05) is 58.1 Å². The molecule has 2 saturated heterocycles. The molecule has 6 nitrogen and oxygen atoms in total. The van der Waals surface area contributed by atoms with Gasteiger partial charge in [-0.05, 0) is 32.9 Å². The quantitative estimate of drug-likeness (QED) is 0.674. The van der Waals surface area contributed by atoms with Crippen molar-refractivity contribution in [2.24, 2.45) is 0 Å². The predicted octanol–water partition coefficient (Wildman–Crippen LogP) is -0.315. The molecule has 2 aliphatic heterocycles. The van der Waals surface area contributed by atoms with Gasteiger partial charge in [0.2, 0.25) is 10.0 Å². The van der Waals surface area contributed by atoms with E-state index in [2.05, 4.69) is 26.8 Å². The molecule has 1 atom stereocenters. The van der Waals surface area contributed by atoms with Crippen molar-refractivity contribution in [1.29, 1.82) is 0 Å². The van der Waals surface area contributed by atoms with E-state index in [1.807, 2.05) is 0 Å². The average molecular weight is 318 g/mol. The molecular weight excluding hydrogens is 288 g/mol. The lowest BCUT2D eigenvalue weighted by molar-refractivity contribution is 0.175. The number of likely N-dealkylation sites (tertiary alicyclic amines) is 1. The molecule has 2 aliphatic rings. The molecule has 2 N–H and O–H groups in total. The van der Waals surface area contributed by atoms with Crippen LogP contribution in [-0.2, 0) is 10.0 Å². The van der Waals surface area contributed by atoms with Crippen molar-refractivity contribution in [3.8, 4) is 0 Å². The highest BCUT2D eigenvalue weighted by atomic mass is 32.2. The lowest BCUT2D eigenvalue weighted by atomic mass is 10.1. The van der Waals surface area contributed by atoms with Crippen LogP contribution >= 0.6 is 0 Å². The summed E-state index contributed by atoms with van der Waals surface area (Å²) in [4.78, 5) is 4.60. The Balaban J connectivity index is 1.67. The van der Waals surface area contributed by atoms with Gasteiger partial charge in [-0.1, -0.05) is 6.42 Å². The van der Waals surface area contributed by atoms with E-state index in [1.54, 1.807) is 0 Å². The fourth-order valence-corrected chi connectivity index (χ4v) is 4.13. The first kappa shape index (κ1) is 17.1. The summed E-state index contributed by atoms with van der Waals surface area (Å²) < 4.78 is 27.0. The van der Waals surface area contributed by atoms with E-state index in [9.17, 15) is 8.42 Å². The van der Waals surface area contributed by atoms with Crippen LogP contribution in [0.4, 0.5) is 0 Å². The maximum Gasteiger partial charge on any atom is 0.212 e. The molecule has 0 spiro atoms. The molecule has 0 aliphatic carbocycles.